The molecular formula is C18H16ClNO2. The molecule has 2 aromatic carbocycles. The van der Waals surface area contributed by atoms with Gasteiger partial charge in [-0.15, -0.1) is 0 Å². The van der Waals surface area contributed by atoms with Crippen LogP contribution >= 0.6 is 11.6 Å². The zero-order chi connectivity index (χ0) is 15.3. The van der Waals surface area contributed by atoms with Crippen molar-refractivity contribution >= 4 is 17.3 Å². The Kier molecular flexibility index (Phi) is 3.05. The number of phenolic OH excluding ortho intramolecular Hbond substituents is 2. The predicted molar refractivity (Wildman–Crippen MR) is 87.6 cm³/mol. The lowest BCUT2D eigenvalue weighted by molar-refractivity contribution is 0.398. The quantitative estimate of drug-likeness (QED) is 0.676. The smallest absolute Gasteiger partial charge is 0.124 e. The van der Waals surface area contributed by atoms with Gasteiger partial charge in [0.2, 0.25) is 0 Å². The first-order chi connectivity index (χ1) is 10.6. The number of para-hydroxylation sites is 1. The highest BCUT2D eigenvalue weighted by Crippen LogP contribution is 2.52. The normalized spacial score (nSPS) is 25.4. The van der Waals surface area contributed by atoms with Gasteiger partial charge in [-0.25, -0.2) is 0 Å². The van der Waals surface area contributed by atoms with Crippen molar-refractivity contribution in [3.63, 3.8) is 0 Å². The number of allylic oxidation sites excluding steroid dienone is 2. The van der Waals surface area contributed by atoms with Gasteiger partial charge in [0.25, 0.3) is 0 Å². The van der Waals surface area contributed by atoms with Crippen molar-refractivity contribution in [2.24, 2.45) is 5.92 Å². The zero-order valence-electron chi connectivity index (χ0n) is 11.8. The summed E-state index contributed by atoms with van der Waals surface area (Å²) in [4.78, 5) is 0. The molecule has 112 valence electrons. The Morgan fingerprint density at radius 2 is 1.95 bits per heavy atom. The first-order valence-electron chi connectivity index (χ1n) is 7.38. The van der Waals surface area contributed by atoms with Crippen LogP contribution in [0.1, 0.15) is 29.5 Å². The molecule has 22 heavy (non-hydrogen) atoms. The van der Waals surface area contributed by atoms with E-state index in [1.165, 1.54) is 11.6 Å². The summed E-state index contributed by atoms with van der Waals surface area (Å²) in [5.74, 6) is 0.810. The summed E-state index contributed by atoms with van der Waals surface area (Å²) < 4.78 is 0. The topological polar surface area (TPSA) is 52.5 Å². The van der Waals surface area contributed by atoms with E-state index in [1.54, 1.807) is 12.1 Å². The molecule has 1 aliphatic carbocycles. The number of rotatable bonds is 1. The lowest BCUT2D eigenvalue weighted by Crippen LogP contribution is -2.29. The maximum Gasteiger partial charge on any atom is 0.124 e. The molecule has 1 heterocycles. The van der Waals surface area contributed by atoms with Gasteiger partial charge in [-0.3, -0.25) is 0 Å². The van der Waals surface area contributed by atoms with Crippen LogP contribution in [0.5, 0.6) is 11.5 Å². The van der Waals surface area contributed by atoms with Crippen LogP contribution in [0, 0.1) is 5.92 Å². The lowest BCUT2D eigenvalue weighted by atomic mass is 9.77. The van der Waals surface area contributed by atoms with E-state index < -0.39 is 0 Å². The molecule has 2 aromatic rings. The summed E-state index contributed by atoms with van der Waals surface area (Å²) in [5.41, 5.74) is 2.94. The van der Waals surface area contributed by atoms with Crippen LogP contribution in [0.3, 0.4) is 0 Å². The fourth-order valence-electron chi connectivity index (χ4n) is 3.69. The van der Waals surface area contributed by atoms with Crippen molar-refractivity contribution in [3.05, 3.63) is 64.7 Å². The van der Waals surface area contributed by atoms with E-state index >= 15 is 0 Å². The largest absolute Gasteiger partial charge is 0.508 e. The molecule has 1 aliphatic heterocycles. The molecule has 0 amide bonds. The third-order valence-electron chi connectivity index (χ3n) is 4.69. The molecule has 3 unspecified atom stereocenters. The second kappa shape index (κ2) is 4.96. The molecule has 0 radical (unpaired) electrons. The Morgan fingerprint density at radius 3 is 2.77 bits per heavy atom. The first kappa shape index (κ1) is 13.5. The van der Waals surface area contributed by atoms with Crippen LogP contribution in [0.2, 0.25) is 5.02 Å². The summed E-state index contributed by atoms with van der Waals surface area (Å²) in [6.45, 7) is 0. The number of aromatic hydroxyl groups is 2. The van der Waals surface area contributed by atoms with Gasteiger partial charge in [-0.05, 0) is 36.1 Å². The molecule has 0 bridgehead atoms. The van der Waals surface area contributed by atoms with E-state index in [0.717, 1.165) is 17.7 Å². The van der Waals surface area contributed by atoms with Crippen molar-refractivity contribution in [1.82, 2.24) is 0 Å². The molecule has 0 aromatic heterocycles. The van der Waals surface area contributed by atoms with E-state index in [-0.39, 0.29) is 17.5 Å². The Bertz CT molecular complexity index is 772. The van der Waals surface area contributed by atoms with Crippen molar-refractivity contribution in [2.75, 3.05) is 5.32 Å². The average molecular weight is 314 g/mol. The Hall–Kier alpha value is -2.13. The van der Waals surface area contributed by atoms with E-state index in [4.69, 9.17) is 11.6 Å². The van der Waals surface area contributed by atoms with Gasteiger partial charge < -0.3 is 15.5 Å². The summed E-state index contributed by atoms with van der Waals surface area (Å²) in [6, 6.07) is 10.7. The summed E-state index contributed by atoms with van der Waals surface area (Å²) in [5, 5.41) is 23.9. The number of anilines is 1. The van der Waals surface area contributed by atoms with E-state index in [2.05, 4.69) is 23.5 Å². The molecule has 3 atom stereocenters. The molecule has 4 rings (SSSR count). The Labute approximate surface area is 133 Å². The maximum absolute atomic E-state index is 10.2. The monoisotopic (exact) mass is 313 g/mol. The number of benzene rings is 2. The van der Waals surface area contributed by atoms with Crippen LogP contribution in [0.25, 0.3) is 0 Å². The Morgan fingerprint density at radius 1 is 1.09 bits per heavy atom. The molecular weight excluding hydrogens is 298 g/mol. The predicted octanol–water partition coefficient (Wildman–Crippen LogP) is 4.58. The van der Waals surface area contributed by atoms with Crippen molar-refractivity contribution < 1.29 is 10.2 Å². The average Bonchev–Trinajstić information content (AvgIpc) is 2.97. The first-order valence-corrected chi connectivity index (χ1v) is 7.76. The van der Waals surface area contributed by atoms with E-state index in [0.29, 0.717) is 16.9 Å². The molecule has 0 saturated carbocycles. The minimum absolute atomic E-state index is 0.0343. The number of fused-ring (bicyclic) bond motifs is 3. The molecule has 0 spiro atoms. The fourth-order valence-corrected chi connectivity index (χ4v) is 3.92. The highest BCUT2D eigenvalue weighted by atomic mass is 35.5. The number of nitrogens with one attached hydrogen (secondary N) is 1. The molecule has 0 saturated heterocycles. The maximum atomic E-state index is 10.2. The lowest BCUT2D eigenvalue weighted by Gasteiger charge is -2.38. The standard InChI is InChI=1S/C18H16ClNO2/c19-15-6-2-5-13-11-3-1-4-12(11)17(20-18(13)15)14-8-7-10(21)9-16(14)22/h1-3,5-9,11-12,17,20-22H,4H2. The SMILES string of the molecule is Oc1ccc(C2Nc3c(Cl)cccc3C3C=CCC32)c(O)c1. The zero-order valence-corrected chi connectivity index (χ0v) is 12.6. The van der Waals surface area contributed by atoms with Crippen molar-refractivity contribution in [1.29, 1.82) is 0 Å². The highest BCUT2D eigenvalue weighted by molar-refractivity contribution is 6.33. The van der Waals surface area contributed by atoms with Crippen LogP contribution in [-0.4, -0.2) is 10.2 Å². The summed E-state index contributed by atoms with van der Waals surface area (Å²) in [7, 11) is 0. The van der Waals surface area contributed by atoms with Crippen molar-refractivity contribution in [2.45, 2.75) is 18.4 Å². The second-order valence-electron chi connectivity index (χ2n) is 5.92. The van der Waals surface area contributed by atoms with Crippen LogP contribution in [0.4, 0.5) is 5.69 Å². The van der Waals surface area contributed by atoms with Gasteiger partial charge in [0.15, 0.2) is 0 Å². The minimum atomic E-state index is -0.0343. The summed E-state index contributed by atoms with van der Waals surface area (Å²) in [6.07, 6.45) is 5.37. The van der Waals surface area contributed by atoms with Crippen LogP contribution < -0.4 is 5.32 Å². The summed E-state index contributed by atoms with van der Waals surface area (Å²) >= 11 is 6.36. The third-order valence-corrected chi connectivity index (χ3v) is 5.01. The van der Waals surface area contributed by atoms with Gasteiger partial charge in [0.1, 0.15) is 11.5 Å². The van der Waals surface area contributed by atoms with E-state index in [9.17, 15) is 10.2 Å². The third kappa shape index (κ3) is 1.97. The molecule has 2 aliphatic rings. The van der Waals surface area contributed by atoms with Gasteiger partial charge in [-0.1, -0.05) is 35.9 Å². The van der Waals surface area contributed by atoms with Crippen molar-refractivity contribution in [3.8, 4) is 11.5 Å². The number of halogens is 1. The van der Waals surface area contributed by atoms with Crippen LogP contribution in [-0.2, 0) is 0 Å². The molecule has 0 fully saturated rings. The fraction of sp³-hybridized carbons (Fsp3) is 0.222. The molecule has 3 nitrogen and oxygen atoms in total. The molecule has 3 N–H and O–H groups in total. The van der Waals surface area contributed by atoms with Crippen LogP contribution in [0.15, 0.2) is 48.6 Å². The number of hydrogen-bond acceptors (Lipinski definition) is 3. The Balaban J connectivity index is 1.84. The van der Waals surface area contributed by atoms with Gasteiger partial charge in [-0.2, -0.15) is 0 Å². The second-order valence-corrected chi connectivity index (χ2v) is 6.33. The number of hydrogen-bond donors (Lipinski definition) is 3. The van der Waals surface area contributed by atoms with Gasteiger partial charge >= 0.3 is 0 Å². The minimum Gasteiger partial charge on any atom is -0.508 e. The van der Waals surface area contributed by atoms with Gasteiger partial charge in [0, 0.05) is 17.5 Å². The van der Waals surface area contributed by atoms with E-state index in [1.807, 2.05) is 12.1 Å². The number of phenols is 2. The van der Waals surface area contributed by atoms with Gasteiger partial charge in [0.05, 0.1) is 16.8 Å². The highest BCUT2D eigenvalue weighted by Gasteiger charge is 2.39. The molecule has 4 heteroatoms.